The maximum absolute atomic E-state index is 5.67. The first-order valence-corrected chi connectivity index (χ1v) is 3.39. The van der Waals surface area contributed by atoms with Crippen molar-refractivity contribution in [1.82, 2.24) is 0 Å². The molecule has 0 nitrogen and oxygen atoms in total. The SMILES string of the molecule is C=CC(Cl)(Cl)CCC. The lowest BCUT2D eigenvalue weighted by Crippen LogP contribution is -2.05. The van der Waals surface area contributed by atoms with E-state index >= 15 is 0 Å². The minimum Gasteiger partial charge on any atom is -0.100 e. The fraction of sp³-hybridized carbons (Fsp3) is 0.667. The molecule has 0 atom stereocenters. The van der Waals surface area contributed by atoms with E-state index in [2.05, 4.69) is 6.58 Å². The van der Waals surface area contributed by atoms with Crippen molar-refractivity contribution in [2.45, 2.75) is 24.1 Å². The van der Waals surface area contributed by atoms with Crippen molar-refractivity contribution in [3.63, 3.8) is 0 Å². The number of halogens is 2. The highest BCUT2D eigenvalue weighted by Gasteiger charge is 2.16. The number of allylic oxidation sites excluding steroid dienone is 1. The van der Waals surface area contributed by atoms with Gasteiger partial charge in [-0.15, -0.1) is 6.58 Å². The van der Waals surface area contributed by atoms with E-state index in [4.69, 9.17) is 23.2 Å². The van der Waals surface area contributed by atoms with E-state index < -0.39 is 4.33 Å². The maximum atomic E-state index is 5.67. The molecule has 8 heavy (non-hydrogen) atoms. The van der Waals surface area contributed by atoms with Gasteiger partial charge in [-0.1, -0.05) is 42.6 Å². The Bertz CT molecular complexity index is 76.6. The summed E-state index contributed by atoms with van der Waals surface area (Å²) in [7, 11) is 0. The highest BCUT2D eigenvalue weighted by atomic mass is 35.5. The number of alkyl halides is 2. The van der Waals surface area contributed by atoms with Crippen LogP contribution in [0.5, 0.6) is 0 Å². The summed E-state index contributed by atoms with van der Waals surface area (Å²) in [5.74, 6) is 0. The topological polar surface area (TPSA) is 0 Å². The molecular formula is C6H10Cl2. The van der Waals surface area contributed by atoms with Gasteiger partial charge >= 0.3 is 0 Å². The normalized spacial score (nSPS) is 11.4. The minimum atomic E-state index is -0.700. The Balaban J connectivity index is 3.53. The summed E-state index contributed by atoms with van der Waals surface area (Å²) in [5, 5.41) is 0. The van der Waals surface area contributed by atoms with Crippen LogP contribution >= 0.6 is 23.2 Å². The van der Waals surface area contributed by atoms with Gasteiger partial charge in [-0.05, 0) is 6.42 Å². The summed E-state index contributed by atoms with van der Waals surface area (Å²) >= 11 is 11.3. The molecule has 0 bridgehead atoms. The van der Waals surface area contributed by atoms with Gasteiger partial charge in [0.15, 0.2) is 0 Å². The Morgan fingerprint density at radius 3 is 2.25 bits per heavy atom. The van der Waals surface area contributed by atoms with Crippen LogP contribution in [0.1, 0.15) is 19.8 Å². The first-order chi connectivity index (χ1) is 3.62. The molecule has 0 saturated heterocycles. The second-order valence-electron chi connectivity index (χ2n) is 1.72. The standard InChI is InChI=1S/C6H10Cl2/c1-3-5-6(7,8)4-2/h4H,2-3,5H2,1H3. The molecule has 0 aromatic rings. The minimum absolute atomic E-state index is 0.700. The van der Waals surface area contributed by atoms with E-state index in [1.165, 1.54) is 0 Å². The van der Waals surface area contributed by atoms with Crippen molar-refractivity contribution < 1.29 is 0 Å². The molecule has 0 aliphatic heterocycles. The summed E-state index contributed by atoms with van der Waals surface area (Å²) < 4.78 is -0.700. The number of hydrogen-bond acceptors (Lipinski definition) is 0. The fourth-order valence-electron chi connectivity index (χ4n) is 0.435. The molecular weight excluding hydrogens is 143 g/mol. The summed E-state index contributed by atoms with van der Waals surface area (Å²) in [4.78, 5) is 0. The lowest BCUT2D eigenvalue weighted by Gasteiger charge is -2.10. The van der Waals surface area contributed by atoms with E-state index in [1.54, 1.807) is 6.08 Å². The van der Waals surface area contributed by atoms with Crippen molar-refractivity contribution >= 4 is 23.2 Å². The van der Waals surface area contributed by atoms with Crippen molar-refractivity contribution in [3.05, 3.63) is 12.7 Å². The molecule has 0 spiro atoms. The molecule has 48 valence electrons. The predicted molar refractivity (Wildman–Crippen MR) is 39.5 cm³/mol. The average molecular weight is 153 g/mol. The molecule has 0 radical (unpaired) electrons. The third-order valence-corrected chi connectivity index (χ3v) is 1.57. The van der Waals surface area contributed by atoms with Crippen LogP contribution in [0, 0.1) is 0 Å². The summed E-state index contributed by atoms with van der Waals surface area (Å²) in [6.07, 6.45) is 3.32. The van der Waals surface area contributed by atoms with Crippen molar-refractivity contribution in [3.8, 4) is 0 Å². The van der Waals surface area contributed by atoms with Gasteiger partial charge in [0.25, 0.3) is 0 Å². The van der Waals surface area contributed by atoms with E-state index in [-0.39, 0.29) is 0 Å². The lowest BCUT2D eigenvalue weighted by atomic mass is 10.2. The summed E-state index contributed by atoms with van der Waals surface area (Å²) in [5.41, 5.74) is 0. The van der Waals surface area contributed by atoms with Gasteiger partial charge in [0.05, 0.1) is 0 Å². The van der Waals surface area contributed by atoms with Crippen LogP contribution in [0.4, 0.5) is 0 Å². The van der Waals surface area contributed by atoms with Crippen LogP contribution < -0.4 is 0 Å². The van der Waals surface area contributed by atoms with Gasteiger partial charge in [0.1, 0.15) is 4.33 Å². The molecule has 0 heterocycles. The lowest BCUT2D eigenvalue weighted by molar-refractivity contribution is 0.777. The molecule has 0 aliphatic rings. The van der Waals surface area contributed by atoms with Crippen molar-refractivity contribution in [2.75, 3.05) is 0 Å². The largest absolute Gasteiger partial charge is 0.136 e. The molecule has 0 fully saturated rings. The van der Waals surface area contributed by atoms with Gasteiger partial charge in [0, 0.05) is 0 Å². The molecule has 0 amide bonds. The molecule has 0 aliphatic carbocycles. The van der Waals surface area contributed by atoms with E-state index in [0.29, 0.717) is 0 Å². The van der Waals surface area contributed by atoms with Crippen LogP contribution in [0.25, 0.3) is 0 Å². The van der Waals surface area contributed by atoms with Crippen molar-refractivity contribution in [1.29, 1.82) is 0 Å². The predicted octanol–water partition coefficient (Wildman–Crippen LogP) is 3.15. The Labute approximate surface area is 60.5 Å². The zero-order chi connectivity index (χ0) is 6.62. The molecule has 0 rings (SSSR count). The molecule has 0 aromatic heterocycles. The molecule has 0 aromatic carbocycles. The number of hydrogen-bond donors (Lipinski definition) is 0. The number of rotatable bonds is 3. The highest BCUT2D eigenvalue weighted by molar-refractivity contribution is 6.49. The third-order valence-electron chi connectivity index (χ3n) is 0.882. The molecule has 2 heteroatoms. The first-order valence-electron chi connectivity index (χ1n) is 2.64. The third kappa shape index (κ3) is 3.34. The quantitative estimate of drug-likeness (QED) is 0.431. The zero-order valence-corrected chi connectivity index (χ0v) is 6.47. The van der Waals surface area contributed by atoms with Gasteiger partial charge < -0.3 is 0 Å². The van der Waals surface area contributed by atoms with Gasteiger partial charge in [0.2, 0.25) is 0 Å². The van der Waals surface area contributed by atoms with Crippen molar-refractivity contribution in [2.24, 2.45) is 0 Å². The van der Waals surface area contributed by atoms with Crippen LogP contribution in [0.2, 0.25) is 0 Å². The fourth-order valence-corrected chi connectivity index (χ4v) is 0.813. The van der Waals surface area contributed by atoms with E-state index in [9.17, 15) is 0 Å². The maximum Gasteiger partial charge on any atom is 0.136 e. The van der Waals surface area contributed by atoms with Crippen LogP contribution in [-0.2, 0) is 0 Å². The molecule has 0 unspecified atom stereocenters. The second-order valence-corrected chi connectivity index (χ2v) is 3.26. The van der Waals surface area contributed by atoms with Crippen LogP contribution in [-0.4, -0.2) is 4.33 Å². The van der Waals surface area contributed by atoms with Crippen LogP contribution in [0.3, 0.4) is 0 Å². The van der Waals surface area contributed by atoms with Crippen LogP contribution in [0.15, 0.2) is 12.7 Å². The Hall–Kier alpha value is 0.320. The summed E-state index contributed by atoms with van der Waals surface area (Å²) in [6, 6.07) is 0. The smallest absolute Gasteiger partial charge is 0.100 e. The van der Waals surface area contributed by atoms with Gasteiger partial charge in [-0.25, -0.2) is 0 Å². The Kier molecular flexibility index (Phi) is 3.50. The zero-order valence-electron chi connectivity index (χ0n) is 4.95. The highest BCUT2D eigenvalue weighted by Crippen LogP contribution is 2.27. The van der Waals surface area contributed by atoms with E-state index in [1.807, 2.05) is 6.92 Å². The monoisotopic (exact) mass is 152 g/mol. The first kappa shape index (κ1) is 8.32. The Morgan fingerprint density at radius 2 is 2.12 bits per heavy atom. The summed E-state index contributed by atoms with van der Waals surface area (Å²) in [6.45, 7) is 5.52. The molecule has 0 saturated carbocycles. The van der Waals surface area contributed by atoms with E-state index in [0.717, 1.165) is 12.8 Å². The van der Waals surface area contributed by atoms with Gasteiger partial charge in [-0.2, -0.15) is 0 Å². The average Bonchev–Trinajstić information content (AvgIpc) is 1.67. The Morgan fingerprint density at radius 1 is 1.62 bits per heavy atom. The second kappa shape index (κ2) is 3.37. The van der Waals surface area contributed by atoms with Gasteiger partial charge in [-0.3, -0.25) is 0 Å². The molecule has 0 N–H and O–H groups in total.